The standard InChI is InChI=1S/C25H34N4O4S/c1-17-11-18(2)14-29(13-17)34(31,32)23-8-6-22(7-9-23)27-25(30)21-5-10-24(26-12-21)28-15-19(3)33-20(4)16-28/h5-10,12,17-20H,11,13-16H2,1-4H3,(H,27,30)/t17-,18-,19-,20+/m1/s1. The number of hydrogen-bond acceptors (Lipinski definition) is 6. The van der Waals surface area contributed by atoms with Crippen molar-refractivity contribution in [2.24, 2.45) is 11.8 Å². The van der Waals surface area contributed by atoms with E-state index in [1.54, 1.807) is 40.8 Å². The topological polar surface area (TPSA) is 91.8 Å². The Labute approximate surface area is 202 Å². The first-order chi connectivity index (χ1) is 16.1. The number of carbonyl (C=O) groups excluding carboxylic acids is 1. The Morgan fingerprint density at radius 1 is 0.941 bits per heavy atom. The fourth-order valence-electron chi connectivity index (χ4n) is 4.94. The van der Waals surface area contributed by atoms with Gasteiger partial charge in [0.25, 0.3) is 5.91 Å². The van der Waals surface area contributed by atoms with Gasteiger partial charge in [0, 0.05) is 38.1 Å². The molecule has 0 saturated carbocycles. The van der Waals surface area contributed by atoms with Crippen molar-refractivity contribution < 1.29 is 17.9 Å². The highest BCUT2D eigenvalue weighted by Gasteiger charge is 2.31. The summed E-state index contributed by atoms with van der Waals surface area (Å²) in [5.41, 5.74) is 0.968. The summed E-state index contributed by atoms with van der Waals surface area (Å²) < 4.78 is 33.4. The highest BCUT2D eigenvalue weighted by molar-refractivity contribution is 7.89. The lowest BCUT2D eigenvalue weighted by Gasteiger charge is -2.36. The first-order valence-corrected chi connectivity index (χ1v) is 13.3. The Morgan fingerprint density at radius 3 is 2.12 bits per heavy atom. The van der Waals surface area contributed by atoms with Crippen molar-refractivity contribution in [1.82, 2.24) is 9.29 Å². The van der Waals surface area contributed by atoms with E-state index < -0.39 is 10.0 Å². The van der Waals surface area contributed by atoms with Gasteiger partial charge in [-0.1, -0.05) is 13.8 Å². The Hall–Kier alpha value is -2.49. The van der Waals surface area contributed by atoms with Gasteiger partial charge in [0.2, 0.25) is 10.0 Å². The molecule has 3 heterocycles. The van der Waals surface area contributed by atoms with Gasteiger partial charge < -0.3 is 15.0 Å². The lowest BCUT2D eigenvalue weighted by atomic mass is 9.94. The van der Waals surface area contributed by atoms with Crippen LogP contribution >= 0.6 is 0 Å². The molecule has 2 fully saturated rings. The number of hydrogen-bond donors (Lipinski definition) is 1. The van der Waals surface area contributed by atoms with Crippen LogP contribution in [0.1, 0.15) is 44.5 Å². The minimum absolute atomic E-state index is 0.127. The minimum atomic E-state index is -3.55. The van der Waals surface area contributed by atoms with Crippen molar-refractivity contribution in [3.8, 4) is 0 Å². The number of pyridine rings is 1. The number of ether oxygens (including phenoxy) is 1. The zero-order chi connectivity index (χ0) is 24.5. The van der Waals surface area contributed by atoms with Crippen LogP contribution in [0.4, 0.5) is 11.5 Å². The number of nitrogens with one attached hydrogen (secondary N) is 1. The Morgan fingerprint density at radius 2 is 1.56 bits per heavy atom. The van der Waals surface area contributed by atoms with Gasteiger partial charge in [0.15, 0.2) is 0 Å². The molecule has 8 nitrogen and oxygen atoms in total. The highest BCUT2D eigenvalue weighted by Crippen LogP contribution is 2.27. The van der Waals surface area contributed by atoms with Gasteiger partial charge in [-0.25, -0.2) is 13.4 Å². The molecule has 34 heavy (non-hydrogen) atoms. The van der Waals surface area contributed by atoms with E-state index in [2.05, 4.69) is 29.0 Å². The molecule has 1 aromatic carbocycles. The van der Waals surface area contributed by atoms with Gasteiger partial charge in [0.1, 0.15) is 5.82 Å². The fourth-order valence-corrected chi connectivity index (χ4v) is 6.62. The van der Waals surface area contributed by atoms with Crippen LogP contribution in [0, 0.1) is 11.8 Å². The van der Waals surface area contributed by atoms with Crippen LogP contribution in [0.2, 0.25) is 0 Å². The number of sulfonamides is 1. The van der Waals surface area contributed by atoms with E-state index in [1.807, 2.05) is 19.9 Å². The number of anilines is 2. The van der Waals surface area contributed by atoms with Crippen molar-refractivity contribution in [2.45, 2.75) is 51.2 Å². The van der Waals surface area contributed by atoms with Crippen LogP contribution in [0.3, 0.4) is 0 Å². The molecule has 0 radical (unpaired) electrons. The van der Waals surface area contributed by atoms with E-state index in [-0.39, 0.29) is 23.0 Å². The van der Waals surface area contributed by atoms with E-state index >= 15 is 0 Å². The number of piperidine rings is 1. The average Bonchev–Trinajstić information content (AvgIpc) is 2.78. The van der Waals surface area contributed by atoms with Crippen molar-refractivity contribution in [3.63, 3.8) is 0 Å². The van der Waals surface area contributed by atoms with Crippen LogP contribution in [0.5, 0.6) is 0 Å². The second kappa shape index (κ2) is 10.0. The molecule has 0 aliphatic carbocycles. The second-order valence-corrected chi connectivity index (χ2v) is 11.8. The van der Waals surface area contributed by atoms with Crippen molar-refractivity contribution in [3.05, 3.63) is 48.2 Å². The average molecular weight is 487 g/mol. The lowest BCUT2D eigenvalue weighted by Crippen LogP contribution is -2.45. The molecular weight excluding hydrogens is 452 g/mol. The summed E-state index contributed by atoms with van der Waals surface area (Å²) in [6, 6.07) is 9.95. The normalized spacial score (nSPS) is 26.3. The summed E-state index contributed by atoms with van der Waals surface area (Å²) in [7, 11) is -3.55. The number of nitrogens with zero attached hydrogens (tertiary/aromatic N) is 3. The number of benzene rings is 1. The lowest BCUT2D eigenvalue weighted by molar-refractivity contribution is -0.00546. The van der Waals surface area contributed by atoms with E-state index in [1.165, 1.54) is 0 Å². The first-order valence-electron chi connectivity index (χ1n) is 11.9. The third-order valence-corrected chi connectivity index (χ3v) is 8.18. The van der Waals surface area contributed by atoms with Crippen LogP contribution < -0.4 is 10.2 Å². The molecule has 2 aliphatic heterocycles. The molecule has 4 rings (SSSR count). The molecule has 1 N–H and O–H groups in total. The summed E-state index contributed by atoms with van der Waals surface area (Å²) in [5, 5.41) is 2.82. The highest BCUT2D eigenvalue weighted by atomic mass is 32.2. The number of carbonyl (C=O) groups is 1. The Kier molecular flexibility index (Phi) is 7.25. The van der Waals surface area contributed by atoms with E-state index in [9.17, 15) is 13.2 Å². The van der Waals surface area contributed by atoms with Gasteiger partial charge >= 0.3 is 0 Å². The molecule has 184 valence electrons. The van der Waals surface area contributed by atoms with Crippen molar-refractivity contribution in [1.29, 1.82) is 0 Å². The summed E-state index contributed by atoms with van der Waals surface area (Å²) in [4.78, 5) is 19.6. The third-order valence-electron chi connectivity index (χ3n) is 6.34. The molecule has 4 atom stereocenters. The number of morpholine rings is 1. The fraction of sp³-hybridized carbons (Fsp3) is 0.520. The SMILES string of the molecule is C[C@@H]1C[C@@H](C)CN(S(=O)(=O)c2ccc(NC(=O)c3ccc(N4C[C@@H](C)O[C@@H](C)C4)nc3)cc2)C1. The Balaban J connectivity index is 1.40. The molecule has 0 bridgehead atoms. The van der Waals surface area contributed by atoms with E-state index in [0.29, 0.717) is 36.2 Å². The van der Waals surface area contributed by atoms with Gasteiger partial charge in [-0.3, -0.25) is 4.79 Å². The molecule has 2 saturated heterocycles. The van der Waals surface area contributed by atoms with E-state index in [4.69, 9.17) is 4.74 Å². The molecule has 0 unspecified atom stereocenters. The molecule has 2 aliphatic rings. The summed E-state index contributed by atoms with van der Waals surface area (Å²) in [6.07, 6.45) is 2.86. The van der Waals surface area contributed by atoms with Crippen LogP contribution in [-0.2, 0) is 14.8 Å². The first kappa shape index (κ1) is 24.6. The summed E-state index contributed by atoms with van der Waals surface area (Å²) in [5.74, 6) is 1.20. The van der Waals surface area contributed by atoms with Gasteiger partial charge in [-0.05, 0) is 68.5 Å². The van der Waals surface area contributed by atoms with Crippen molar-refractivity contribution >= 4 is 27.4 Å². The smallest absolute Gasteiger partial charge is 0.257 e. The van der Waals surface area contributed by atoms with Gasteiger partial charge in [-0.2, -0.15) is 4.31 Å². The van der Waals surface area contributed by atoms with Gasteiger partial charge in [-0.15, -0.1) is 0 Å². The Bertz CT molecular complexity index is 1080. The predicted molar refractivity (Wildman–Crippen MR) is 133 cm³/mol. The number of aromatic nitrogens is 1. The van der Waals surface area contributed by atoms with Crippen molar-refractivity contribution in [2.75, 3.05) is 36.4 Å². The maximum atomic E-state index is 13.1. The monoisotopic (exact) mass is 486 g/mol. The zero-order valence-corrected chi connectivity index (χ0v) is 21.1. The maximum absolute atomic E-state index is 13.1. The van der Waals surface area contributed by atoms with Gasteiger partial charge in [0.05, 0.1) is 22.7 Å². The van der Waals surface area contributed by atoms with Crippen LogP contribution in [-0.4, -0.2) is 62.0 Å². The largest absolute Gasteiger partial charge is 0.372 e. The second-order valence-electron chi connectivity index (χ2n) is 9.81. The molecule has 9 heteroatoms. The zero-order valence-electron chi connectivity index (χ0n) is 20.3. The van der Waals surface area contributed by atoms with Crippen LogP contribution in [0.25, 0.3) is 0 Å². The summed E-state index contributed by atoms with van der Waals surface area (Å²) in [6.45, 7) is 10.8. The summed E-state index contributed by atoms with van der Waals surface area (Å²) >= 11 is 0. The minimum Gasteiger partial charge on any atom is -0.372 e. The molecule has 2 aromatic rings. The molecular formula is C25H34N4O4S. The third kappa shape index (κ3) is 5.59. The maximum Gasteiger partial charge on any atom is 0.257 e. The number of rotatable bonds is 5. The number of amides is 1. The molecule has 1 amide bonds. The van der Waals surface area contributed by atoms with Crippen LogP contribution in [0.15, 0.2) is 47.5 Å². The van der Waals surface area contributed by atoms with E-state index in [0.717, 1.165) is 25.3 Å². The quantitative estimate of drug-likeness (QED) is 0.694. The predicted octanol–water partition coefficient (Wildman–Crippen LogP) is 3.61. The molecule has 0 spiro atoms. The molecule has 1 aromatic heterocycles.